The van der Waals surface area contributed by atoms with Crippen molar-refractivity contribution >= 4 is 65.0 Å². The maximum absolute atomic E-state index is 14.8. The molecule has 0 radical (unpaired) electrons. The summed E-state index contributed by atoms with van der Waals surface area (Å²) in [6.07, 6.45) is 0.710. The molecule has 23 nitrogen and oxygen atoms in total. The third kappa shape index (κ3) is 17.7. The Balaban J connectivity index is 2.17. The van der Waals surface area contributed by atoms with Crippen molar-refractivity contribution in [1.82, 2.24) is 55.6 Å². The SMILES string of the molecule is CC[C@H](C)[C@H]1C(=O)N(C)[C@@H](CC(C)C)C(=O)N[C@H](C(=O)N2CCCCC2)CC(=O)N(C)CC(=O)N[C@@H]([C@@H](C)O)C(=O)N(C)[C@@H](C)C(=O)N(C)[C@@H](C(C)C)C(=O)N[C@@H](Cc2ccccc2)C(=O)N(C)CC(=O)N[C@@H](C)C(=O)N1C. The molecule has 436 valence electrons. The van der Waals surface area contributed by atoms with E-state index in [1.165, 1.54) is 72.9 Å². The molecule has 0 spiro atoms. The zero-order valence-electron chi connectivity index (χ0n) is 48.7. The lowest BCUT2D eigenvalue weighted by Gasteiger charge is -2.38. The minimum absolute atomic E-state index is 0.0138. The Morgan fingerprint density at radius 2 is 1.19 bits per heavy atom. The van der Waals surface area contributed by atoms with Crippen molar-refractivity contribution in [2.75, 3.05) is 68.5 Å². The normalized spacial score (nSPS) is 26.6. The van der Waals surface area contributed by atoms with Gasteiger partial charge in [-0.15, -0.1) is 0 Å². The van der Waals surface area contributed by atoms with Crippen LogP contribution < -0.4 is 21.3 Å². The molecule has 0 bridgehead atoms. The second-order valence-electron chi connectivity index (χ2n) is 22.1. The summed E-state index contributed by atoms with van der Waals surface area (Å²) >= 11 is 0. The maximum atomic E-state index is 14.8. The van der Waals surface area contributed by atoms with Crippen molar-refractivity contribution in [3.63, 3.8) is 0 Å². The zero-order valence-corrected chi connectivity index (χ0v) is 48.7. The standard InChI is InChI=1S/C55H89N11O12/c1-16-34(6)47-55(78)63(13)41(27-32(2)3)48(71)57-40(53(76)66-25-21-18-22-26-66)29-44(70)60(10)30-43(69)59-45(37(9)67)54(77)62(12)36(8)51(74)64(14)46(33(4)5)49(72)58-39(28-38-23-19-17-20-24-38)52(75)61(11)31-42(68)56-35(7)50(73)65(47)15/h17,19-20,23-24,32-37,39-41,45-47,67H,16,18,21-22,25-31H2,1-15H3,(H,56,68)(H,57,71)(H,58,72)(H,59,69)/t34-,35-,36-,37+,39-,40-,41-,45-,46-,47-/m0/s1. The van der Waals surface area contributed by atoms with E-state index in [1.54, 1.807) is 56.0 Å². The van der Waals surface area contributed by atoms with Crippen molar-refractivity contribution in [3.05, 3.63) is 35.9 Å². The summed E-state index contributed by atoms with van der Waals surface area (Å²) in [5.41, 5.74) is 0.667. The lowest BCUT2D eigenvalue weighted by Crippen LogP contribution is -2.61. The molecule has 11 amide bonds. The number of likely N-dealkylation sites (tertiary alicyclic amines) is 1. The van der Waals surface area contributed by atoms with Crippen molar-refractivity contribution in [2.45, 2.75) is 162 Å². The van der Waals surface area contributed by atoms with Gasteiger partial charge in [0.1, 0.15) is 48.3 Å². The second-order valence-corrected chi connectivity index (χ2v) is 22.1. The first-order valence-corrected chi connectivity index (χ1v) is 27.2. The topological polar surface area (TPSA) is 279 Å². The molecule has 2 aliphatic rings. The summed E-state index contributed by atoms with van der Waals surface area (Å²) < 4.78 is 0. The lowest BCUT2D eigenvalue weighted by molar-refractivity contribution is -0.151. The monoisotopic (exact) mass is 1100 g/mol. The van der Waals surface area contributed by atoms with E-state index in [-0.39, 0.29) is 18.8 Å². The van der Waals surface area contributed by atoms with Crippen LogP contribution in [-0.4, -0.2) is 227 Å². The van der Waals surface area contributed by atoms with Crippen molar-refractivity contribution in [1.29, 1.82) is 0 Å². The number of carbonyl (C=O) groups is 11. The molecule has 0 aliphatic carbocycles. The van der Waals surface area contributed by atoms with E-state index in [1.807, 2.05) is 20.8 Å². The molecule has 0 unspecified atom stereocenters. The van der Waals surface area contributed by atoms with Crippen LogP contribution in [0.2, 0.25) is 0 Å². The Labute approximate surface area is 460 Å². The minimum atomic E-state index is -1.62. The summed E-state index contributed by atoms with van der Waals surface area (Å²) in [5, 5.41) is 21.5. The van der Waals surface area contributed by atoms with E-state index >= 15 is 0 Å². The summed E-state index contributed by atoms with van der Waals surface area (Å²) in [5.74, 6) is -9.00. The number of amides is 11. The zero-order chi connectivity index (χ0) is 59.0. The third-order valence-corrected chi connectivity index (χ3v) is 14.9. The number of hydrogen-bond acceptors (Lipinski definition) is 12. The number of likely N-dealkylation sites (N-methyl/N-ethyl adjacent to an activating group) is 6. The van der Waals surface area contributed by atoms with Gasteiger partial charge in [0.2, 0.25) is 65.0 Å². The number of nitrogens with zero attached hydrogens (tertiary/aromatic N) is 7. The van der Waals surface area contributed by atoms with Crippen molar-refractivity contribution < 1.29 is 57.8 Å². The third-order valence-electron chi connectivity index (χ3n) is 14.9. The molecule has 2 heterocycles. The van der Waals surface area contributed by atoms with Gasteiger partial charge in [-0.2, -0.15) is 0 Å². The molecule has 1 aromatic carbocycles. The molecule has 23 heteroatoms. The Hall–Kier alpha value is -6.65. The number of aliphatic hydroxyl groups excluding tert-OH is 1. The number of hydrogen-bond donors (Lipinski definition) is 5. The Kier molecular flexibility index (Phi) is 25.2. The molecular formula is C55H89N11O12. The van der Waals surface area contributed by atoms with Gasteiger partial charge in [-0.05, 0) is 69.8 Å². The van der Waals surface area contributed by atoms with Gasteiger partial charge in [0.05, 0.1) is 25.6 Å². The summed E-state index contributed by atoms with van der Waals surface area (Å²) in [6.45, 7) is 14.3. The Morgan fingerprint density at radius 1 is 0.628 bits per heavy atom. The van der Waals surface area contributed by atoms with Gasteiger partial charge >= 0.3 is 0 Å². The van der Waals surface area contributed by atoms with E-state index in [0.717, 1.165) is 26.0 Å². The molecule has 0 aromatic heterocycles. The number of benzene rings is 1. The fourth-order valence-electron chi connectivity index (χ4n) is 9.90. The minimum Gasteiger partial charge on any atom is -0.391 e. The van der Waals surface area contributed by atoms with Crippen LogP contribution in [0.25, 0.3) is 0 Å². The van der Waals surface area contributed by atoms with Crippen LogP contribution >= 0.6 is 0 Å². The first-order chi connectivity index (χ1) is 36.4. The van der Waals surface area contributed by atoms with Crippen molar-refractivity contribution in [3.8, 4) is 0 Å². The van der Waals surface area contributed by atoms with Crippen molar-refractivity contribution in [2.24, 2.45) is 17.8 Å². The Morgan fingerprint density at radius 3 is 1.74 bits per heavy atom. The Bertz CT molecular complexity index is 2290. The van der Waals surface area contributed by atoms with Crippen LogP contribution in [0.1, 0.15) is 106 Å². The highest BCUT2D eigenvalue weighted by atomic mass is 16.3. The second kappa shape index (κ2) is 29.9. The van der Waals surface area contributed by atoms with Crippen LogP contribution in [0.4, 0.5) is 0 Å². The van der Waals surface area contributed by atoms with Crippen LogP contribution in [0.5, 0.6) is 0 Å². The van der Waals surface area contributed by atoms with Crippen LogP contribution in [0.3, 0.4) is 0 Å². The van der Waals surface area contributed by atoms with Gasteiger partial charge in [0.25, 0.3) is 0 Å². The van der Waals surface area contributed by atoms with Gasteiger partial charge in [-0.25, -0.2) is 0 Å². The van der Waals surface area contributed by atoms with E-state index in [2.05, 4.69) is 21.3 Å². The molecule has 0 saturated carbocycles. The maximum Gasteiger partial charge on any atom is 0.248 e. The highest BCUT2D eigenvalue weighted by Gasteiger charge is 2.42. The molecule has 2 fully saturated rings. The fraction of sp³-hybridized carbons (Fsp3) is 0.691. The number of aliphatic hydroxyl groups is 1. The quantitative estimate of drug-likeness (QED) is 0.218. The lowest BCUT2D eigenvalue weighted by atomic mass is 9.94. The average Bonchev–Trinajstić information content (AvgIpc) is 3.39. The first kappa shape index (κ1) is 65.6. The smallest absolute Gasteiger partial charge is 0.248 e. The van der Waals surface area contributed by atoms with Gasteiger partial charge in [0.15, 0.2) is 0 Å². The van der Waals surface area contributed by atoms with Crippen LogP contribution in [-0.2, 0) is 59.2 Å². The van der Waals surface area contributed by atoms with E-state index in [9.17, 15) is 57.8 Å². The van der Waals surface area contributed by atoms with Crippen LogP contribution in [0, 0.1) is 17.8 Å². The number of rotatable bonds is 9. The fourth-order valence-corrected chi connectivity index (χ4v) is 9.90. The average molecular weight is 1100 g/mol. The van der Waals surface area contributed by atoms with Gasteiger partial charge in [-0.1, -0.05) is 78.3 Å². The van der Waals surface area contributed by atoms with Gasteiger partial charge in [-0.3, -0.25) is 52.7 Å². The van der Waals surface area contributed by atoms with Gasteiger partial charge in [0, 0.05) is 61.8 Å². The molecule has 3 rings (SSSR count). The molecule has 1 aromatic rings. The molecule has 78 heavy (non-hydrogen) atoms. The molecule has 5 N–H and O–H groups in total. The predicted molar refractivity (Wildman–Crippen MR) is 291 cm³/mol. The summed E-state index contributed by atoms with van der Waals surface area (Å²) in [4.78, 5) is 165. The van der Waals surface area contributed by atoms with E-state index in [0.29, 0.717) is 37.9 Å². The molecule has 2 aliphatic heterocycles. The van der Waals surface area contributed by atoms with E-state index in [4.69, 9.17) is 0 Å². The largest absolute Gasteiger partial charge is 0.391 e. The van der Waals surface area contributed by atoms with E-state index < -0.39 is 151 Å². The molecular weight excluding hydrogens is 1010 g/mol. The van der Waals surface area contributed by atoms with Gasteiger partial charge < -0.3 is 60.7 Å². The summed E-state index contributed by atoms with van der Waals surface area (Å²) in [6, 6.07) is -1.53. The predicted octanol–water partition coefficient (Wildman–Crippen LogP) is -0.0219. The summed E-state index contributed by atoms with van der Waals surface area (Å²) in [7, 11) is 8.18. The highest BCUT2D eigenvalue weighted by molar-refractivity contribution is 5.99. The number of piperidine rings is 1. The molecule has 2 saturated heterocycles. The highest BCUT2D eigenvalue weighted by Crippen LogP contribution is 2.22. The molecule has 10 atom stereocenters. The number of carbonyl (C=O) groups excluding carboxylic acids is 11. The number of nitrogens with one attached hydrogen (secondary N) is 4. The van der Waals surface area contributed by atoms with Crippen LogP contribution in [0.15, 0.2) is 30.3 Å². The first-order valence-electron chi connectivity index (χ1n) is 27.2.